The first-order valence-electron chi connectivity index (χ1n) is 6.10. The number of aromatic nitrogens is 2. The lowest BCUT2D eigenvalue weighted by atomic mass is 10.1. The zero-order valence-corrected chi connectivity index (χ0v) is 12.1. The number of hydrogen-bond acceptors (Lipinski definition) is 5. The Morgan fingerprint density at radius 1 is 1.48 bits per heavy atom. The lowest BCUT2D eigenvalue weighted by Crippen LogP contribution is -2.23. The molecule has 6 nitrogen and oxygen atoms in total. The monoisotopic (exact) mass is 303 g/mol. The quantitative estimate of drug-likeness (QED) is 0.823. The van der Waals surface area contributed by atoms with Crippen molar-refractivity contribution in [2.45, 2.75) is 13.5 Å². The van der Waals surface area contributed by atoms with E-state index in [1.54, 1.807) is 6.07 Å². The van der Waals surface area contributed by atoms with Gasteiger partial charge in [-0.15, -0.1) is 11.3 Å². The van der Waals surface area contributed by atoms with Gasteiger partial charge in [0, 0.05) is 40.7 Å². The van der Waals surface area contributed by atoms with Gasteiger partial charge in [-0.25, -0.2) is 9.78 Å². The maximum absolute atomic E-state index is 12.1. The number of pyridine rings is 1. The van der Waals surface area contributed by atoms with Crippen molar-refractivity contribution in [3.63, 3.8) is 0 Å². The van der Waals surface area contributed by atoms with Crippen LogP contribution in [0.4, 0.5) is 0 Å². The zero-order valence-electron chi connectivity index (χ0n) is 11.2. The van der Waals surface area contributed by atoms with Crippen molar-refractivity contribution in [3.05, 3.63) is 51.7 Å². The van der Waals surface area contributed by atoms with Crippen LogP contribution in [0.5, 0.6) is 0 Å². The van der Waals surface area contributed by atoms with Gasteiger partial charge in [0.25, 0.3) is 5.91 Å². The Labute approximate surface area is 125 Å². The molecule has 0 aliphatic carbocycles. The molecule has 0 aromatic carbocycles. The van der Waals surface area contributed by atoms with Gasteiger partial charge in [0.2, 0.25) is 0 Å². The van der Waals surface area contributed by atoms with Crippen molar-refractivity contribution in [1.82, 2.24) is 15.3 Å². The SMILES string of the molecule is Cc1csc(CNC(=O)c2ccncc2C=CC(=O)O)n1. The van der Waals surface area contributed by atoms with E-state index in [4.69, 9.17) is 5.11 Å². The number of nitrogens with zero attached hydrogens (tertiary/aromatic N) is 2. The van der Waals surface area contributed by atoms with Crippen molar-refractivity contribution < 1.29 is 14.7 Å². The first-order chi connectivity index (χ1) is 10.1. The summed E-state index contributed by atoms with van der Waals surface area (Å²) in [5, 5.41) is 14.1. The molecule has 2 N–H and O–H groups in total. The van der Waals surface area contributed by atoms with Crippen LogP contribution >= 0.6 is 11.3 Å². The van der Waals surface area contributed by atoms with E-state index in [0.717, 1.165) is 16.8 Å². The Kier molecular flexibility index (Phi) is 4.78. The number of nitrogens with one attached hydrogen (secondary N) is 1. The van der Waals surface area contributed by atoms with Crippen LogP contribution < -0.4 is 5.32 Å². The minimum atomic E-state index is -1.08. The maximum atomic E-state index is 12.1. The fourth-order valence-corrected chi connectivity index (χ4v) is 2.35. The molecular formula is C14H13N3O3S. The van der Waals surface area contributed by atoms with Gasteiger partial charge >= 0.3 is 5.97 Å². The number of aryl methyl sites for hydroxylation is 1. The normalized spacial score (nSPS) is 10.7. The molecular weight excluding hydrogens is 290 g/mol. The van der Waals surface area contributed by atoms with E-state index in [-0.39, 0.29) is 5.91 Å². The van der Waals surface area contributed by atoms with E-state index < -0.39 is 5.97 Å². The number of carboxylic acid groups (broad SMARTS) is 1. The fourth-order valence-electron chi connectivity index (χ4n) is 1.64. The van der Waals surface area contributed by atoms with E-state index in [0.29, 0.717) is 17.7 Å². The summed E-state index contributed by atoms with van der Waals surface area (Å²) in [6.45, 7) is 2.22. The average Bonchev–Trinajstić information content (AvgIpc) is 2.88. The smallest absolute Gasteiger partial charge is 0.328 e. The summed E-state index contributed by atoms with van der Waals surface area (Å²) in [5.41, 5.74) is 1.74. The van der Waals surface area contributed by atoms with Crippen LogP contribution in [-0.2, 0) is 11.3 Å². The third-order valence-corrected chi connectivity index (χ3v) is 3.54. The molecule has 21 heavy (non-hydrogen) atoms. The molecule has 7 heteroatoms. The van der Waals surface area contributed by atoms with Gasteiger partial charge in [-0.1, -0.05) is 0 Å². The highest BCUT2D eigenvalue weighted by Gasteiger charge is 2.10. The Morgan fingerprint density at radius 3 is 2.95 bits per heavy atom. The Bertz CT molecular complexity index is 694. The lowest BCUT2D eigenvalue weighted by molar-refractivity contribution is -0.131. The summed E-state index contributed by atoms with van der Waals surface area (Å²) < 4.78 is 0. The van der Waals surface area contributed by atoms with Gasteiger partial charge in [-0.05, 0) is 19.1 Å². The van der Waals surface area contributed by atoms with Crippen molar-refractivity contribution in [2.24, 2.45) is 0 Å². The second-order valence-corrected chi connectivity index (χ2v) is 5.14. The fraction of sp³-hybridized carbons (Fsp3) is 0.143. The van der Waals surface area contributed by atoms with Crippen LogP contribution in [0.15, 0.2) is 29.9 Å². The molecule has 2 heterocycles. The third kappa shape index (κ3) is 4.22. The van der Waals surface area contributed by atoms with Gasteiger partial charge in [0.15, 0.2) is 0 Å². The Morgan fingerprint density at radius 2 is 2.29 bits per heavy atom. The van der Waals surface area contributed by atoms with E-state index in [2.05, 4.69) is 15.3 Å². The van der Waals surface area contributed by atoms with E-state index in [1.165, 1.54) is 29.8 Å². The van der Waals surface area contributed by atoms with Crippen LogP contribution in [-0.4, -0.2) is 27.0 Å². The van der Waals surface area contributed by atoms with Crippen molar-refractivity contribution in [2.75, 3.05) is 0 Å². The molecule has 2 aromatic heterocycles. The first-order valence-corrected chi connectivity index (χ1v) is 6.98. The second kappa shape index (κ2) is 6.76. The molecule has 0 atom stereocenters. The summed E-state index contributed by atoms with van der Waals surface area (Å²) in [4.78, 5) is 30.8. The number of rotatable bonds is 5. The Balaban J connectivity index is 2.10. The standard InChI is InChI=1S/C14H13N3O3S/c1-9-8-21-12(17-9)7-16-14(20)11-4-5-15-6-10(11)2-3-13(18)19/h2-6,8H,7H2,1H3,(H,16,20)(H,18,19). The first kappa shape index (κ1) is 14.9. The van der Waals surface area contributed by atoms with Gasteiger partial charge in [0.1, 0.15) is 5.01 Å². The number of thiazole rings is 1. The minimum Gasteiger partial charge on any atom is -0.478 e. The van der Waals surface area contributed by atoms with Gasteiger partial charge < -0.3 is 10.4 Å². The highest BCUT2D eigenvalue weighted by Crippen LogP contribution is 2.11. The number of hydrogen-bond donors (Lipinski definition) is 2. The molecule has 0 bridgehead atoms. The summed E-state index contributed by atoms with van der Waals surface area (Å²) in [6, 6.07) is 1.55. The topological polar surface area (TPSA) is 92.2 Å². The van der Waals surface area contributed by atoms with Gasteiger partial charge in [-0.2, -0.15) is 0 Å². The number of carbonyl (C=O) groups is 2. The Hall–Kier alpha value is -2.54. The van der Waals surface area contributed by atoms with Gasteiger partial charge in [-0.3, -0.25) is 9.78 Å². The van der Waals surface area contributed by atoms with Crippen LogP contribution in [0.1, 0.15) is 26.6 Å². The predicted molar refractivity (Wildman–Crippen MR) is 78.9 cm³/mol. The van der Waals surface area contributed by atoms with E-state index >= 15 is 0 Å². The second-order valence-electron chi connectivity index (χ2n) is 4.20. The van der Waals surface area contributed by atoms with Crippen molar-refractivity contribution in [3.8, 4) is 0 Å². The summed E-state index contributed by atoms with van der Waals surface area (Å²) in [5.74, 6) is -1.38. The molecule has 0 fully saturated rings. The molecule has 0 saturated heterocycles. The van der Waals surface area contributed by atoms with Crippen LogP contribution in [0.3, 0.4) is 0 Å². The van der Waals surface area contributed by atoms with Crippen molar-refractivity contribution in [1.29, 1.82) is 0 Å². The summed E-state index contributed by atoms with van der Waals surface area (Å²) in [6.07, 6.45) is 5.25. The third-order valence-electron chi connectivity index (χ3n) is 2.57. The largest absolute Gasteiger partial charge is 0.478 e. The summed E-state index contributed by atoms with van der Waals surface area (Å²) >= 11 is 1.48. The minimum absolute atomic E-state index is 0.296. The molecule has 108 valence electrons. The molecule has 0 unspecified atom stereocenters. The van der Waals surface area contributed by atoms with E-state index in [9.17, 15) is 9.59 Å². The molecule has 1 amide bonds. The maximum Gasteiger partial charge on any atom is 0.328 e. The van der Waals surface area contributed by atoms with Crippen LogP contribution in [0.2, 0.25) is 0 Å². The van der Waals surface area contributed by atoms with E-state index in [1.807, 2.05) is 12.3 Å². The van der Waals surface area contributed by atoms with Crippen LogP contribution in [0.25, 0.3) is 6.08 Å². The lowest BCUT2D eigenvalue weighted by Gasteiger charge is -2.06. The number of carboxylic acids is 1. The average molecular weight is 303 g/mol. The molecule has 0 spiro atoms. The highest BCUT2D eigenvalue weighted by atomic mass is 32.1. The zero-order chi connectivity index (χ0) is 15.2. The number of aliphatic carboxylic acids is 1. The van der Waals surface area contributed by atoms with Gasteiger partial charge in [0.05, 0.1) is 6.54 Å². The molecule has 0 radical (unpaired) electrons. The number of amides is 1. The molecule has 2 aromatic rings. The van der Waals surface area contributed by atoms with Crippen molar-refractivity contribution >= 4 is 29.3 Å². The summed E-state index contributed by atoms with van der Waals surface area (Å²) in [7, 11) is 0. The highest BCUT2D eigenvalue weighted by molar-refractivity contribution is 7.09. The number of carbonyl (C=O) groups excluding carboxylic acids is 1. The molecule has 0 aliphatic rings. The molecule has 0 aliphatic heterocycles. The molecule has 2 rings (SSSR count). The predicted octanol–water partition coefficient (Wildman–Crippen LogP) is 1.87. The molecule has 0 saturated carbocycles. The van der Waals surface area contributed by atoms with Crippen LogP contribution in [0, 0.1) is 6.92 Å².